The second-order valence-corrected chi connectivity index (χ2v) is 3.30. The molecular weight excluding hydrogens is 199 g/mol. The summed E-state index contributed by atoms with van der Waals surface area (Å²) in [6, 6.07) is 5.71. The average molecular weight is 208 g/mol. The van der Waals surface area contributed by atoms with E-state index in [1.165, 1.54) is 11.0 Å². The summed E-state index contributed by atoms with van der Waals surface area (Å²) < 4.78 is 13.2. The van der Waals surface area contributed by atoms with Crippen LogP contribution >= 0.6 is 0 Å². The van der Waals surface area contributed by atoms with Crippen LogP contribution in [-0.4, -0.2) is 23.4 Å². The Labute approximate surface area is 85.7 Å². The molecule has 1 saturated heterocycles. The summed E-state index contributed by atoms with van der Waals surface area (Å²) in [6.07, 6.45) is 0. The number of hydrogen-bond acceptors (Lipinski definition) is 2. The zero-order valence-corrected chi connectivity index (χ0v) is 7.87. The van der Waals surface area contributed by atoms with Crippen LogP contribution in [0.4, 0.5) is 9.18 Å². The van der Waals surface area contributed by atoms with E-state index in [2.05, 4.69) is 5.32 Å². The van der Waals surface area contributed by atoms with Gasteiger partial charge in [-0.15, -0.1) is 0 Å². The molecule has 15 heavy (non-hydrogen) atoms. The molecule has 1 heterocycles. The first-order valence-corrected chi connectivity index (χ1v) is 4.49. The van der Waals surface area contributed by atoms with Crippen molar-refractivity contribution >= 4 is 11.9 Å². The van der Waals surface area contributed by atoms with E-state index in [9.17, 15) is 14.0 Å². The van der Waals surface area contributed by atoms with Gasteiger partial charge in [-0.1, -0.05) is 18.2 Å². The smallest absolute Gasteiger partial charge is 0.311 e. The van der Waals surface area contributed by atoms with Crippen LogP contribution in [0.1, 0.15) is 5.56 Å². The second kappa shape index (κ2) is 3.68. The lowest BCUT2D eigenvalue weighted by Gasteiger charge is -2.13. The maximum atomic E-state index is 13.2. The molecule has 0 unspecified atom stereocenters. The first-order valence-electron chi connectivity index (χ1n) is 4.49. The molecule has 1 aliphatic heterocycles. The monoisotopic (exact) mass is 208 g/mol. The Kier molecular flexibility index (Phi) is 2.37. The van der Waals surface area contributed by atoms with Crippen LogP contribution < -0.4 is 5.32 Å². The van der Waals surface area contributed by atoms with Crippen molar-refractivity contribution in [3.63, 3.8) is 0 Å². The Balaban J connectivity index is 2.13. The summed E-state index contributed by atoms with van der Waals surface area (Å²) in [5, 5.41) is 2.13. The molecule has 0 spiro atoms. The quantitative estimate of drug-likeness (QED) is 0.733. The van der Waals surface area contributed by atoms with Crippen molar-refractivity contribution < 1.29 is 14.0 Å². The molecule has 0 aliphatic carbocycles. The molecule has 0 saturated carbocycles. The number of imide groups is 1. The van der Waals surface area contributed by atoms with Crippen molar-refractivity contribution in [3.05, 3.63) is 35.6 Å². The van der Waals surface area contributed by atoms with Gasteiger partial charge >= 0.3 is 6.03 Å². The van der Waals surface area contributed by atoms with E-state index in [-0.39, 0.29) is 24.8 Å². The minimum atomic E-state index is -0.469. The first-order chi connectivity index (χ1) is 7.16. The van der Waals surface area contributed by atoms with Crippen LogP contribution in [0.2, 0.25) is 0 Å². The standard InChI is InChI=1S/C10H9FN2O2/c11-8-4-2-1-3-7(8)5-13-6-9(14)12-10(13)15/h1-4H,5-6H2,(H,12,14,15). The highest BCUT2D eigenvalue weighted by molar-refractivity contribution is 6.01. The number of carbonyl (C=O) groups is 2. The highest BCUT2D eigenvalue weighted by Gasteiger charge is 2.26. The Morgan fingerprint density at radius 3 is 2.67 bits per heavy atom. The molecule has 1 N–H and O–H groups in total. The van der Waals surface area contributed by atoms with E-state index < -0.39 is 6.03 Å². The fourth-order valence-corrected chi connectivity index (χ4v) is 1.44. The van der Waals surface area contributed by atoms with E-state index in [4.69, 9.17) is 0 Å². The fraction of sp³-hybridized carbons (Fsp3) is 0.200. The highest BCUT2D eigenvalue weighted by Crippen LogP contribution is 2.11. The summed E-state index contributed by atoms with van der Waals surface area (Å²) in [4.78, 5) is 23.3. The SMILES string of the molecule is O=C1CN(Cc2ccccc2F)C(=O)N1. The molecule has 0 atom stereocenters. The van der Waals surface area contributed by atoms with E-state index >= 15 is 0 Å². The molecular formula is C10H9FN2O2. The van der Waals surface area contributed by atoms with Gasteiger partial charge in [0, 0.05) is 5.56 Å². The third kappa shape index (κ3) is 1.96. The van der Waals surface area contributed by atoms with Gasteiger partial charge in [-0.2, -0.15) is 0 Å². The van der Waals surface area contributed by atoms with Gasteiger partial charge in [0.05, 0.1) is 6.54 Å². The van der Waals surface area contributed by atoms with Crippen LogP contribution in [-0.2, 0) is 11.3 Å². The van der Waals surface area contributed by atoms with E-state index in [1.807, 2.05) is 0 Å². The summed E-state index contributed by atoms with van der Waals surface area (Å²) >= 11 is 0. The number of nitrogens with zero attached hydrogens (tertiary/aromatic N) is 1. The largest absolute Gasteiger partial charge is 0.324 e. The number of benzene rings is 1. The number of amides is 3. The highest BCUT2D eigenvalue weighted by atomic mass is 19.1. The molecule has 5 heteroatoms. The molecule has 1 fully saturated rings. The normalized spacial score (nSPS) is 15.7. The maximum absolute atomic E-state index is 13.2. The van der Waals surface area contributed by atoms with Crippen molar-refractivity contribution in [2.45, 2.75) is 6.54 Å². The third-order valence-electron chi connectivity index (χ3n) is 2.19. The van der Waals surface area contributed by atoms with Gasteiger partial charge in [-0.25, -0.2) is 9.18 Å². The summed E-state index contributed by atoms with van der Waals surface area (Å²) in [6.45, 7) is 0.109. The lowest BCUT2D eigenvalue weighted by Crippen LogP contribution is -2.28. The molecule has 3 amide bonds. The Bertz CT molecular complexity index is 420. The summed E-state index contributed by atoms with van der Waals surface area (Å²) in [7, 11) is 0. The molecule has 4 nitrogen and oxygen atoms in total. The Morgan fingerprint density at radius 1 is 1.33 bits per heavy atom. The zero-order valence-electron chi connectivity index (χ0n) is 7.87. The molecule has 0 bridgehead atoms. The van der Waals surface area contributed by atoms with E-state index in [0.717, 1.165) is 0 Å². The molecule has 0 radical (unpaired) electrons. The van der Waals surface area contributed by atoms with Crippen molar-refractivity contribution in [2.75, 3.05) is 6.54 Å². The van der Waals surface area contributed by atoms with Crippen LogP contribution in [0.3, 0.4) is 0 Å². The van der Waals surface area contributed by atoms with Crippen LogP contribution in [0.25, 0.3) is 0 Å². The minimum absolute atomic E-state index is 0.00678. The fourth-order valence-electron chi connectivity index (χ4n) is 1.44. The lowest BCUT2D eigenvalue weighted by molar-refractivity contribution is -0.118. The topological polar surface area (TPSA) is 49.4 Å². The van der Waals surface area contributed by atoms with Gasteiger partial charge in [0.25, 0.3) is 0 Å². The van der Waals surface area contributed by atoms with Gasteiger partial charge in [-0.3, -0.25) is 10.1 Å². The molecule has 1 aromatic rings. The predicted molar refractivity (Wildman–Crippen MR) is 50.3 cm³/mol. The minimum Gasteiger partial charge on any atom is -0.311 e. The van der Waals surface area contributed by atoms with Gasteiger partial charge in [0.15, 0.2) is 0 Å². The van der Waals surface area contributed by atoms with Gasteiger partial charge in [-0.05, 0) is 6.07 Å². The van der Waals surface area contributed by atoms with Gasteiger partial charge in [0.1, 0.15) is 12.4 Å². The van der Waals surface area contributed by atoms with E-state index in [1.54, 1.807) is 18.2 Å². The van der Waals surface area contributed by atoms with Gasteiger partial charge in [0.2, 0.25) is 5.91 Å². The number of rotatable bonds is 2. The van der Waals surface area contributed by atoms with Crippen molar-refractivity contribution in [2.24, 2.45) is 0 Å². The molecule has 1 aliphatic rings. The first kappa shape index (κ1) is 9.64. The van der Waals surface area contributed by atoms with Crippen LogP contribution in [0, 0.1) is 5.82 Å². The Hall–Kier alpha value is -1.91. The summed E-state index contributed by atoms with van der Waals surface area (Å²) in [5.41, 5.74) is 0.405. The molecule has 1 aromatic carbocycles. The van der Waals surface area contributed by atoms with Gasteiger partial charge < -0.3 is 4.90 Å². The lowest BCUT2D eigenvalue weighted by atomic mass is 10.2. The number of hydrogen-bond donors (Lipinski definition) is 1. The van der Waals surface area contributed by atoms with E-state index in [0.29, 0.717) is 5.56 Å². The second-order valence-electron chi connectivity index (χ2n) is 3.30. The third-order valence-corrected chi connectivity index (χ3v) is 2.19. The average Bonchev–Trinajstić information content (AvgIpc) is 2.49. The van der Waals surface area contributed by atoms with Crippen LogP contribution in [0.15, 0.2) is 24.3 Å². The van der Waals surface area contributed by atoms with Crippen molar-refractivity contribution in [1.82, 2.24) is 10.2 Å². The van der Waals surface area contributed by atoms with Crippen molar-refractivity contribution in [3.8, 4) is 0 Å². The number of halogens is 1. The summed E-state index contributed by atoms with van der Waals surface area (Å²) in [5.74, 6) is -0.721. The predicted octanol–water partition coefficient (Wildman–Crippen LogP) is 0.878. The molecule has 78 valence electrons. The van der Waals surface area contributed by atoms with Crippen molar-refractivity contribution in [1.29, 1.82) is 0 Å². The molecule has 2 rings (SSSR count). The number of carbonyl (C=O) groups excluding carboxylic acids is 2. The zero-order chi connectivity index (χ0) is 10.8. The van der Waals surface area contributed by atoms with Crippen LogP contribution in [0.5, 0.6) is 0 Å². The number of urea groups is 1. The Morgan fingerprint density at radius 2 is 2.07 bits per heavy atom. The molecule has 0 aromatic heterocycles. The maximum Gasteiger partial charge on any atom is 0.324 e. The number of nitrogens with one attached hydrogen (secondary N) is 1.